The highest BCUT2D eigenvalue weighted by molar-refractivity contribution is 6.30. The van der Waals surface area contributed by atoms with Crippen LogP contribution in [0.15, 0.2) is 61.1 Å². The van der Waals surface area contributed by atoms with Crippen molar-refractivity contribution in [2.75, 3.05) is 5.32 Å². The topological polar surface area (TPSA) is 55.6 Å². The number of anilines is 2. The van der Waals surface area contributed by atoms with Gasteiger partial charge >= 0.3 is 0 Å². The van der Waals surface area contributed by atoms with Crippen molar-refractivity contribution in [1.29, 1.82) is 0 Å². The van der Waals surface area contributed by atoms with Crippen LogP contribution in [0.1, 0.15) is 5.56 Å². The molecule has 0 atom stereocenters. The van der Waals surface area contributed by atoms with E-state index >= 15 is 0 Å². The van der Waals surface area contributed by atoms with E-state index in [-0.39, 0.29) is 5.82 Å². The lowest BCUT2D eigenvalue weighted by atomic mass is 10.2. The Bertz CT molecular complexity index is 1010. The zero-order chi connectivity index (χ0) is 17.2. The largest absolute Gasteiger partial charge is 0.340 e. The second-order valence-corrected chi connectivity index (χ2v) is 5.96. The van der Waals surface area contributed by atoms with E-state index in [0.717, 1.165) is 22.3 Å². The summed E-state index contributed by atoms with van der Waals surface area (Å²) in [5.74, 6) is 0.341. The van der Waals surface area contributed by atoms with Crippen molar-refractivity contribution in [3.8, 4) is 0 Å². The van der Waals surface area contributed by atoms with Gasteiger partial charge in [0.15, 0.2) is 5.65 Å². The molecule has 4 aromatic rings. The number of benzene rings is 2. The summed E-state index contributed by atoms with van der Waals surface area (Å²) in [6.07, 6.45) is 3.20. The zero-order valence-corrected chi connectivity index (χ0v) is 13.8. The fourth-order valence-electron chi connectivity index (χ4n) is 2.54. The number of halogens is 2. The molecule has 0 spiro atoms. The Morgan fingerprint density at radius 3 is 2.52 bits per heavy atom. The maximum Gasteiger partial charge on any atom is 0.163 e. The lowest BCUT2D eigenvalue weighted by Gasteiger charge is -2.07. The fraction of sp³-hybridized carbons (Fsp3) is 0.0556. The Labute approximate surface area is 148 Å². The molecule has 2 aromatic carbocycles. The normalized spacial score (nSPS) is 11.0. The number of fused-ring (bicyclic) bond motifs is 1. The van der Waals surface area contributed by atoms with Gasteiger partial charge < -0.3 is 5.32 Å². The molecule has 0 saturated carbocycles. The van der Waals surface area contributed by atoms with E-state index in [4.69, 9.17) is 11.6 Å². The fourth-order valence-corrected chi connectivity index (χ4v) is 2.67. The third-order valence-electron chi connectivity index (χ3n) is 3.79. The number of hydrogen-bond acceptors (Lipinski definition) is 4. The van der Waals surface area contributed by atoms with Crippen molar-refractivity contribution in [3.05, 3.63) is 77.5 Å². The summed E-state index contributed by atoms with van der Waals surface area (Å²) in [5.41, 5.74) is 2.53. The predicted molar refractivity (Wildman–Crippen MR) is 95.6 cm³/mol. The number of nitrogens with zero attached hydrogens (tertiary/aromatic N) is 4. The second-order valence-electron chi connectivity index (χ2n) is 5.52. The summed E-state index contributed by atoms with van der Waals surface area (Å²) in [6.45, 7) is 0.577. The number of aromatic nitrogens is 4. The molecule has 0 amide bonds. The smallest absolute Gasteiger partial charge is 0.163 e. The molecule has 2 aromatic heterocycles. The Morgan fingerprint density at radius 2 is 1.76 bits per heavy atom. The first-order chi connectivity index (χ1) is 12.2. The maximum atomic E-state index is 13.0. The third-order valence-corrected chi connectivity index (χ3v) is 4.04. The van der Waals surface area contributed by atoms with Crippen LogP contribution in [-0.2, 0) is 6.54 Å². The van der Waals surface area contributed by atoms with Gasteiger partial charge in [-0.05, 0) is 42.0 Å². The quantitative estimate of drug-likeness (QED) is 0.590. The van der Waals surface area contributed by atoms with Crippen LogP contribution in [0.25, 0.3) is 11.0 Å². The number of hydrogen-bond donors (Lipinski definition) is 1. The molecule has 0 bridgehead atoms. The van der Waals surface area contributed by atoms with Crippen LogP contribution in [0.4, 0.5) is 15.9 Å². The molecular formula is C18H13ClFN5. The van der Waals surface area contributed by atoms with Gasteiger partial charge in [-0.15, -0.1) is 0 Å². The molecule has 0 fully saturated rings. The number of rotatable bonds is 4. The summed E-state index contributed by atoms with van der Waals surface area (Å²) in [4.78, 5) is 8.60. The van der Waals surface area contributed by atoms with E-state index in [1.807, 2.05) is 24.3 Å². The minimum absolute atomic E-state index is 0.283. The summed E-state index contributed by atoms with van der Waals surface area (Å²) in [6, 6.07) is 13.7. The van der Waals surface area contributed by atoms with Gasteiger partial charge in [-0.2, -0.15) is 5.10 Å². The Morgan fingerprint density at radius 1 is 1.00 bits per heavy atom. The lowest BCUT2D eigenvalue weighted by Crippen LogP contribution is -2.03. The molecule has 0 aliphatic rings. The molecule has 4 rings (SSSR count). The van der Waals surface area contributed by atoms with Crippen LogP contribution in [0, 0.1) is 5.82 Å². The lowest BCUT2D eigenvalue weighted by molar-refractivity contribution is 0.628. The zero-order valence-electron chi connectivity index (χ0n) is 13.0. The first-order valence-electron chi connectivity index (χ1n) is 7.62. The molecule has 1 N–H and O–H groups in total. The molecule has 5 nitrogen and oxygen atoms in total. The highest BCUT2D eigenvalue weighted by Gasteiger charge is 2.10. The van der Waals surface area contributed by atoms with Crippen molar-refractivity contribution in [2.45, 2.75) is 6.54 Å². The van der Waals surface area contributed by atoms with Crippen LogP contribution < -0.4 is 5.32 Å². The summed E-state index contributed by atoms with van der Waals surface area (Å²) >= 11 is 5.92. The first kappa shape index (κ1) is 15.5. The SMILES string of the molecule is Fc1ccc(Nc2ncnc3c2cnn3Cc2ccc(Cl)cc2)cc1. The number of nitrogens with one attached hydrogen (secondary N) is 1. The molecule has 7 heteroatoms. The standard InChI is InChI=1S/C18H13ClFN5/c19-13-3-1-12(2-4-13)10-25-18-16(9-23-25)17(21-11-22-18)24-15-7-5-14(20)6-8-15/h1-9,11H,10H2,(H,21,22,24). The monoisotopic (exact) mass is 353 g/mol. The van der Waals surface area contributed by atoms with Crippen LogP contribution in [0.3, 0.4) is 0 Å². The van der Waals surface area contributed by atoms with E-state index in [0.29, 0.717) is 17.4 Å². The van der Waals surface area contributed by atoms with Crippen LogP contribution in [0.5, 0.6) is 0 Å². The van der Waals surface area contributed by atoms with Gasteiger partial charge in [0.05, 0.1) is 18.1 Å². The van der Waals surface area contributed by atoms with Crippen molar-refractivity contribution < 1.29 is 4.39 Å². The molecule has 0 aliphatic heterocycles. The molecule has 2 heterocycles. The first-order valence-corrected chi connectivity index (χ1v) is 8.00. The van der Waals surface area contributed by atoms with Crippen molar-refractivity contribution >= 4 is 34.1 Å². The Kier molecular flexibility index (Phi) is 4.03. The molecule has 0 aliphatic carbocycles. The average molecular weight is 354 g/mol. The van der Waals surface area contributed by atoms with Gasteiger partial charge in [0.25, 0.3) is 0 Å². The third kappa shape index (κ3) is 3.29. The minimum atomic E-state index is -0.283. The van der Waals surface area contributed by atoms with Crippen LogP contribution >= 0.6 is 11.6 Å². The summed E-state index contributed by atoms with van der Waals surface area (Å²) in [7, 11) is 0. The van der Waals surface area contributed by atoms with Gasteiger partial charge in [0.2, 0.25) is 0 Å². The van der Waals surface area contributed by atoms with E-state index in [1.165, 1.54) is 18.5 Å². The van der Waals surface area contributed by atoms with Crippen molar-refractivity contribution in [1.82, 2.24) is 19.7 Å². The van der Waals surface area contributed by atoms with E-state index < -0.39 is 0 Å². The van der Waals surface area contributed by atoms with Crippen LogP contribution in [-0.4, -0.2) is 19.7 Å². The maximum absolute atomic E-state index is 13.0. The highest BCUT2D eigenvalue weighted by atomic mass is 35.5. The molecule has 0 unspecified atom stereocenters. The van der Waals surface area contributed by atoms with E-state index in [2.05, 4.69) is 20.4 Å². The Hall–Kier alpha value is -2.99. The molecule has 124 valence electrons. The summed E-state index contributed by atoms with van der Waals surface area (Å²) < 4.78 is 14.8. The Balaban J connectivity index is 1.65. The predicted octanol–water partition coefficient (Wildman–Crippen LogP) is 4.41. The van der Waals surface area contributed by atoms with Crippen molar-refractivity contribution in [3.63, 3.8) is 0 Å². The second kappa shape index (κ2) is 6.49. The van der Waals surface area contributed by atoms with Gasteiger partial charge in [-0.1, -0.05) is 23.7 Å². The van der Waals surface area contributed by atoms with E-state index in [1.54, 1.807) is 23.0 Å². The molecule has 0 radical (unpaired) electrons. The van der Waals surface area contributed by atoms with Crippen molar-refractivity contribution in [2.24, 2.45) is 0 Å². The average Bonchev–Trinajstić information content (AvgIpc) is 3.03. The molecular weight excluding hydrogens is 341 g/mol. The van der Waals surface area contributed by atoms with Gasteiger partial charge in [-0.3, -0.25) is 0 Å². The van der Waals surface area contributed by atoms with Gasteiger partial charge in [0, 0.05) is 10.7 Å². The molecule has 25 heavy (non-hydrogen) atoms. The van der Waals surface area contributed by atoms with Gasteiger partial charge in [-0.25, -0.2) is 19.0 Å². The van der Waals surface area contributed by atoms with E-state index in [9.17, 15) is 4.39 Å². The van der Waals surface area contributed by atoms with Gasteiger partial charge in [0.1, 0.15) is 18.0 Å². The minimum Gasteiger partial charge on any atom is -0.340 e. The summed E-state index contributed by atoms with van der Waals surface area (Å²) in [5, 5.41) is 9.07. The molecule has 0 saturated heterocycles. The highest BCUT2D eigenvalue weighted by Crippen LogP contribution is 2.23. The van der Waals surface area contributed by atoms with Crippen LogP contribution in [0.2, 0.25) is 5.02 Å².